The van der Waals surface area contributed by atoms with Crippen molar-refractivity contribution in [3.8, 4) is 0 Å². The number of nitrogens with zero attached hydrogens (tertiary/aromatic N) is 1. The lowest BCUT2D eigenvalue weighted by Crippen LogP contribution is -2.41. The van der Waals surface area contributed by atoms with Crippen molar-refractivity contribution in [1.29, 1.82) is 0 Å². The number of hydrazine groups is 1. The van der Waals surface area contributed by atoms with Crippen LogP contribution in [0.5, 0.6) is 0 Å². The van der Waals surface area contributed by atoms with Gasteiger partial charge in [0.2, 0.25) is 10.0 Å². The molecule has 0 amide bonds. The van der Waals surface area contributed by atoms with E-state index in [0.29, 0.717) is 30.9 Å². The van der Waals surface area contributed by atoms with Crippen molar-refractivity contribution in [3.63, 3.8) is 0 Å². The second-order valence-corrected chi connectivity index (χ2v) is 10.2. The molecule has 0 aromatic heterocycles. The number of aliphatic hydroxyl groups is 2. The molecule has 0 aliphatic rings. The van der Waals surface area contributed by atoms with Crippen LogP contribution in [0.1, 0.15) is 64.0 Å². The van der Waals surface area contributed by atoms with Gasteiger partial charge in [-0.25, -0.2) is 8.42 Å². The molecule has 0 aliphatic carbocycles. The summed E-state index contributed by atoms with van der Waals surface area (Å²) in [6.45, 7) is 4.17. The lowest BCUT2D eigenvalue weighted by Gasteiger charge is -2.24. The maximum Gasteiger partial charge on any atom is 0.308 e. The molecule has 0 saturated carbocycles. The van der Waals surface area contributed by atoms with Crippen LogP contribution < -0.4 is 9.25 Å². The third-order valence-electron chi connectivity index (χ3n) is 4.62. The summed E-state index contributed by atoms with van der Waals surface area (Å²) in [6.07, 6.45) is 3.78. The summed E-state index contributed by atoms with van der Waals surface area (Å²) in [5.41, 5.74) is 1.23. The molecule has 33 heavy (non-hydrogen) atoms. The Morgan fingerprint density at radius 2 is 1.85 bits per heavy atom. The molecular weight excluding hydrogens is 468 g/mol. The van der Waals surface area contributed by atoms with Gasteiger partial charge in [-0.1, -0.05) is 57.2 Å². The minimum Gasteiger partial charge on any atom is -0.463 e. The van der Waals surface area contributed by atoms with Crippen molar-refractivity contribution < 1.29 is 32.9 Å². The number of anilines is 1. The zero-order valence-corrected chi connectivity index (χ0v) is 21.2. The largest absolute Gasteiger partial charge is 0.463 e. The number of ether oxygens (including phenoxy) is 2. The number of carbonyl (C=O) groups is 1. The lowest BCUT2D eigenvalue weighted by molar-refractivity contribution is -0.145. The first-order chi connectivity index (χ1) is 15.9. The second-order valence-electron chi connectivity index (χ2n) is 7.43. The van der Waals surface area contributed by atoms with Gasteiger partial charge in [-0.2, -0.15) is 9.25 Å². The van der Waals surface area contributed by atoms with E-state index in [-0.39, 0.29) is 32.0 Å². The molecule has 11 heteroatoms. The fourth-order valence-electron chi connectivity index (χ4n) is 2.90. The summed E-state index contributed by atoms with van der Waals surface area (Å²) >= 11 is 1.18. The molecule has 1 rings (SSSR count). The highest BCUT2D eigenvalue weighted by Gasteiger charge is 2.22. The Hall–Kier alpha value is -1.37. The first-order valence-electron chi connectivity index (χ1n) is 11.4. The SMILES string of the molecule is CCCCCC(O)c1ccc(N(NSCCOCCC(=O)OCCO)S(=O)(=O)CCC)cc1. The van der Waals surface area contributed by atoms with Crippen LogP contribution in [0, 0.1) is 0 Å². The third kappa shape index (κ3) is 12.1. The Bertz CT molecular complexity index is 761. The van der Waals surface area contributed by atoms with E-state index in [1.807, 2.05) is 0 Å². The Labute approximate surface area is 202 Å². The number of aliphatic hydroxyl groups excluding tert-OH is 2. The van der Waals surface area contributed by atoms with Gasteiger partial charge < -0.3 is 19.7 Å². The van der Waals surface area contributed by atoms with E-state index in [2.05, 4.69) is 11.8 Å². The Kier molecular flexibility index (Phi) is 15.4. The van der Waals surface area contributed by atoms with E-state index in [1.165, 1.54) is 11.9 Å². The molecule has 3 N–H and O–H groups in total. The summed E-state index contributed by atoms with van der Waals surface area (Å²) in [4.78, 5) is 14.2. The van der Waals surface area contributed by atoms with E-state index in [9.17, 15) is 18.3 Å². The molecule has 0 heterocycles. The van der Waals surface area contributed by atoms with Crippen LogP contribution in [0.3, 0.4) is 0 Å². The minimum absolute atomic E-state index is 0.00555. The molecule has 1 atom stereocenters. The first kappa shape index (κ1) is 29.7. The van der Waals surface area contributed by atoms with Gasteiger partial charge in [0.1, 0.15) is 6.61 Å². The number of esters is 1. The molecule has 0 spiro atoms. The first-order valence-corrected chi connectivity index (χ1v) is 14.0. The predicted octanol–water partition coefficient (Wildman–Crippen LogP) is 2.94. The molecule has 9 nitrogen and oxygen atoms in total. The van der Waals surface area contributed by atoms with E-state index >= 15 is 0 Å². The van der Waals surface area contributed by atoms with Crippen molar-refractivity contribution in [2.24, 2.45) is 0 Å². The van der Waals surface area contributed by atoms with E-state index in [0.717, 1.165) is 29.2 Å². The molecule has 0 fully saturated rings. The average Bonchev–Trinajstić information content (AvgIpc) is 2.79. The van der Waals surface area contributed by atoms with Crippen LogP contribution in [-0.4, -0.2) is 62.5 Å². The maximum atomic E-state index is 12.8. The molecule has 1 aromatic carbocycles. The Balaban J connectivity index is 2.59. The topological polar surface area (TPSA) is 125 Å². The number of carbonyl (C=O) groups excluding carboxylic acids is 1. The molecule has 0 bridgehead atoms. The monoisotopic (exact) mass is 506 g/mol. The van der Waals surface area contributed by atoms with Gasteiger partial charge in [0.05, 0.1) is 43.8 Å². The Morgan fingerprint density at radius 3 is 2.48 bits per heavy atom. The predicted molar refractivity (Wildman–Crippen MR) is 131 cm³/mol. The fraction of sp³-hybridized carbons (Fsp3) is 0.682. The number of nitrogens with one attached hydrogen (secondary N) is 1. The number of benzene rings is 1. The van der Waals surface area contributed by atoms with Crippen molar-refractivity contribution in [1.82, 2.24) is 4.83 Å². The lowest BCUT2D eigenvalue weighted by atomic mass is 10.0. The minimum atomic E-state index is -3.58. The van der Waals surface area contributed by atoms with Gasteiger partial charge in [0.25, 0.3) is 0 Å². The van der Waals surface area contributed by atoms with Crippen LogP contribution in [0.2, 0.25) is 0 Å². The van der Waals surface area contributed by atoms with Crippen LogP contribution >= 0.6 is 11.9 Å². The van der Waals surface area contributed by atoms with Gasteiger partial charge in [0, 0.05) is 5.75 Å². The second kappa shape index (κ2) is 17.1. The summed E-state index contributed by atoms with van der Waals surface area (Å²) in [5, 5.41) is 18.9. The number of rotatable bonds is 19. The average molecular weight is 507 g/mol. The highest BCUT2D eigenvalue weighted by Crippen LogP contribution is 2.24. The molecule has 0 aliphatic heterocycles. The summed E-state index contributed by atoms with van der Waals surface area (Å²) in [5.74, 6) is 0.0116. The third-order valence-corrected chi connectivity index (χ3v) is 7.20. The number of hydrogen-bond acceptors (Lipinski definition) is 9. The summed E-state index contributed by atoms with van der Waals surface area (Å²) in [7, 11) is -3.58. The quantitative estimate of drug-likeness (QED) is 0.112. The van der Waals surface area contributed by atoms with Gasteiger partial charge in [-0.15, -0.1) is 0 Å². The molecule has 0 radical (unpaired) electrons. The van der Waals surface area contributed by atoms with Gasteiger partial charge in [-0.05, 0) is 30.5 Å². The number of hydrogen-bond donors (Lipinski definition) is 3. The maximum absolute atomic E-state index is 12.8. The summed E-state index contributed by atoms with van der Waals surface area (Å²) < 4.78 is 36.8. The Morgan fingerprint density at radius 1 is 1.12 bits per heavy atom. The number of unbranched alkanes of at least 4 members (excludes halogenated alkanes) is 2. The summed E-state index contributed by atoms with van der Waals surface area (Å²) in [6, 6.07) is 6.89. The van der Waals surface area contributed by atoms with E-state index in [1.54, 1.807) is 31.2 Å². The van der Waals surface area contributed by atoms with Gasteiger partial charge in [-0.3, -0.25) is 4.79 Å². The zero-order valence-electron chi connectivity index (χ0n) is 19.6. The smallest absolute Gasteiger partial charge is 0.308 e. The van der Waals surface area contributed by atoms with E-state index < -0.39 is 22.1 Å². The van der Waals surface area contributed by atoms with Crippen molar-refractivity contribution in [2.45, 2.75) is 58.5 Å². The fourth-order valence-corrected chi connectivity index (χ4v) is 5.17. The number of sulfonamides is 1. The molecule has 1 unspecified atom stereocenters. The van der Waals surface area contributed by atoms with Gasteiger partial charge in [0.15, 0.2) is 0 Å². The van der Waals surface area contributed by atoms with Crippen LogP contribution in [0.4, 0.5) is 5.69 Å². The molecule has 1 aromatic rings. The molecule has 190 valence electrons. The van der Waals surface area contributed by atoms with Crippen molar-refractivity contribution in [2.75, 3.05) is 42.3 Å². The molecule has 0 saturated heterocycles. The standard InChI is InChI=1S/C22H38N2O7S2/c1-3-5-6-7-21(26)19-8-10-20(11-9-19)24(33(28,29)18-4-2)23-32-17-16-30-14-12-22(27)31-15-13-25/h8-11,21,23,25-26H,3-7,12-18H2,1-2H3. The van der Waals surface area contributed by atoms with Gasteiger partial charge >= 0.3 is 5.97 Å². The normalized spacial score (nSPS) is 12.5. The molecular formula is C22H38N2O7S2. The highest BCUT2D eigenvalue weighted by molar-refractivity contribution is 7.99. The van der Waals surface area contributed by atoms with Crippen molar-refractivity contribution >= 4 is 33.6 Å². The zero-order chi connectivity index (χ0) is 24.5. The van der Waals surface area contributed by atoms with Crippen LogP contribution in [0.25, 0.3) is 0 Å². The highest BCUT2D eigenvalue weighted by atomic mass is 32.2. The van der Waals surface area contributed by atoms with Crippen molar-refractivity contribution in [3.05, 3.63) is 29.8 Å². The van der Waals surface area contributed by atoms with E-state index in [4.69, 9.17) is 14.6 Å². The van der Waals surface area contributed by atoms with Crippen LogP contribution in [-0.2, 0) is 24.3 Å². The van der Waals surface area contributed by atoms with Crippen LogP contribution in [0.15, 0.2) is 24.3 Å².